The molecule has 25 heavy (non-hydrogen) atoms. The van der Waals surface area contributed by atoms with E-state index in [1.165, 1.54) is 0 Å². The van der Waals surface area contributed by atoms with Gasteiger partial charge in [-0.05, 0) is 50.0 Å². The van der Waals surface area contributed by atoms with Crippen molar-refractivity contribution in [1.29, 1.82) is 0 Å². The van der Waals surface area contributed by atoms with Gasteiger partial charge in [-0.2, -0.15) is 5.10 Å². The lowest BCUT2D eigenvalue weighted by molar-refractivity contribution is -0.131. The molecule has 0 unspecified atom stereocenters. The number of hydrogen-bond acceptors (Lipinski definition) is 3. The maximum absolute atomic E-state index is 12.9. The van der Waals surface area contributed by atoms with E-state index >= 15 is 0 Å². The van der Waals surface area contributed by atoms with Crippen molar-refractivity contribution < 1.29 is 4.79 Å². The summed E-state index contributed by atoms with van der Waals surface area (Å²) >= 11 is 12.2. The molecule has 0 radical (unpaired) electrons. The highest BCUT2D eigenvalue weighted by atomic mass is 35.5. The number of benzene rings is 1. The van der Waals surface area contributed by atoms with Crippen LogP contribution in [-0.2, 0) is 16.8 Å². The average molecular weight is 404 g/mol. The van der Waals surface area contributed by atoms with Gasteiger partial charge in [0.25, 0.3) is 0 Å². The van der Waals surface area contributed by atoms with E-state index in [0.29, 0.717) is 23.0 Å². The molecule has 0 aliphatic carbocycles. The zero-order chi connectivity index (χ0) is 17.0. The second-order valence-corrected chi connectivity index (χ2v) is 6.74. The van der Waals surface area contributed by atoms with E-state index in [1.54, 1.807) is 16.9 Å². The molecular weight excluding hydrogens is 383 g/mol. The molecule has 136 valence electrons. The maximum Gasteiger partial charge on any atom is 0.248 e. The third kappa shape index (κ3) is 4.29. The number of amides is 1. The molecular formula is C17H21Cl3N4O. The van der Waals surface area contributed by atoms with E-state index in [1.807, 2.05) is 24.4 Å². The van der Waals surface area contributed by atoms with Crippen LogP contribution in [-0.4, -0.2) is 35.3 Å². The van der Waals surface area contributed by atoms with Gasteiger partial charge in [0.05, 0.1) is 10.0 Å². The van der Waals surface area contributed by atoms with E-state index in [-0.39, 0.29) is 18.3 Å². The molecule has 2 heterocycles. The molecule has 5 nitrogen and oxygen atoms in total. The fourth-order valence-electron chi connectivity index (χ4n) is 3.14. The van der Waals surface area contributed by atoms with E-state index in [0.717, 1.165) is 31.5 Å². The molecule has 0 saturated carbocycles. The zero-order valence-corrected chi connectivity index (χ0v) is 16.0. The summed E-state index contributed by atoms with van der Waals surface area (Å²) in [5.41, 5.74) is 0.315. The predicted octanol–water partition coefficient (Wildman–Crippen LogP) is 3.05. The quantitative estimate of drug-likeness (QED) is 0.807. The van der Waals surface area contributed by atoms with Gasteiger partial charge in [-0.3, -0.25) is 9.48 Å². The van der Waals surface area contributed by atoms with Crippen molar-refractivity contribution in [1.82, 2.24) is 20.4 Å². The van der Waals surface area contributed by atoms with Gasteiger partial charge < -0.3 is 10.6 Å². The number of carbonyl (C=O) groups excluding carboxylic acids is 1. The van der Waals surface area contributed by atoms with Gasteiger partial charge in [0.2, 0.25) is 5.91 Å². The second-order valence-electron chi connectivity index (χ2n) is 5.95. The highest BCUT2D eigenvalue weighted by molar-refractivity contribution is 6.42. The van der Waals surface area contributed by atoms with Crippen molar-refractivity contribution in [3.05, 3.63) is 52.3 Å². The van der Waals surface area contributed by atoms with Crippen LogP contribution in [0.4, 0.5) is 0 Å². The molecule has 1 fully saturated rings. The van der Waals surface area contributed by atoms with Gasteiger partial charge in [-0.25, -0.2) is 0 Å². The number of halogens is 3. The summed E-state index contributed by atoms with van der Waals surface area (Å²) in [4.78, 5) is 12.9. The summed E-state index contributed by atoms with van der Waals surface area (Å²) in [6, 6.07) is 7.40. The number of piperidine rings is 1. The van der Waals surface area contributed by atoms with Crippen molar-refractivity contribution in [2.75, 3.05) is 19.6 Å². The molecule has 0 bridgehead atoms. The standard InChI is InChI=1S/C17H20Cl2N4O.ClH/c18-14-4-1-3-13(15(14)19)5-9-21-16(24)17(6-10-20-11-7-17)23-12-2-8-22-23;/h1-4,8,12,20H,5-7,9-11H2,(H,21,24);1H. The summed E-state index contributed by atoms with van der Waals surface area (Å²) in [7, 11) is 0. The van der Waals surface area contributed by atoms with E-state index in [9.17, 15) is 4.79 Å². The van der Waals surface area contributed by atoms with Crippen LogP contribution < -0.4 is 10.6 Å². The minimum Gasteiger partial charge on any atom is -0.354 e. The lowest BCUT2D eigenvalue weighted by atomic mass is 9.87. The first kappa shape index (κ1) is 20.0. The second kappa shape index (κ2) is 8.90. The van der Waals surface area contributed by atoms with Gasteiger partial charge in [0.15, 0.2) is 0 Å². The van der Waals surface area contributed by atoms with Gasteiger partial charge in [0.1, 0.15) is 5.54 Å². The third-order valence-electron chi connectivity index (χ3n) is 4.51. The van der Waals surface area contributed by atoms with Crippen LogP contribution in [0.25, 0.3) is 0 Å². The number of nitrogens with zero attached hydrogens (tertiary/aromatic N) is 2. The molecule has 1 aliphatic heterocycles. The highest BCUT2D eigenvalue weighted by Gasteiger charge is 2.41. The SMILES string of the molecule is Cl.O=C(NCCc1cccc(Cl)c1Cl)C1(n2cccn2)CCNCC1. The van der Waals surface area contributed by atoms with Gasteiger partial charge in [-0.15, -0.1) is 12.4 Å². The first-order valence-corrected chi connectivity index (χ1v) is 8.81. The molecule has 0 spiro atoms. The number of nitrogens with one attached hydrogen (secondary N) is 2. The van der Waals surface area contributed by atoms with Crippen molar-refractivity contribution in [3.8, 4) is 0 Å². The Kier molecular flexibility index (Phi) is 7.14. The Morgan fingerprint density at radius 1 is 1.28 bits per heavy atom. The molecule has 1 amide bonds. The van der Waals surface area contributed by atoms with E-state index in [2.05, 4.69) is 15.7 Å². The fraction of sp³-hybridized carbons (Fsp3) is 0.412. The monoisotopic (exact) mass is 402 g/mol. The van der Waals surface area contributed by atoms with Crippen molar-refractivity contribution in [3.63, 3.8) is 0 Å². The summed E-state index contributed by atoms with van der Waals surface area (Å²) in [6.45, 7) is 2.11. The number of aromatic nitrogens is 2. The Hall–Kier alpha value is -1.27. The Bertz CT molecular complexity index is 700. The van der Waals surface area contributed by atoms with Crippen molar-refractivity contribution in [2.24, 2.45) is 0 Å². The topological polar surface area (TPSA) is 59.0 Å². The van der Waals surface area contributed by atoms with Crippen LogP contribution in [0.3, 0.4) is 0 Å². The Balaban J connectivity index is 0.00000225. The number of rotatable bonds is 5. The summed E-state index contributed by atoms with van der Waals surface area (Å²) in [6.07, 6.45) is 5.65. The van der Waals surface area contributed by atoms with Gasteiger partial charge in [-0.1, -0.05) is 35.3 Å². The van der Waals surface area contributed by atoms with Crippen molar-refractivity contribution >= 4 is 41.5 Å². The van der Waals surface area contributed by atoms with Crippen LogP contribution in [0.2, 0.25) is 10.0 Å². The van der Waals surface area contributed by atoms with E-state index in [4.69, 9.17) is 23.2 Å². The molecule has 8 heteroatoms. The summed E-state index contributed by atoms with van der Waals surface area (Å²) in [5.74, 6) is 0.00542. The fourth-order valence-corrected chi connectivity index (χ4v) is 3.55. The lowest BCUT2D eigenvalue weighted by Crippen LogP contribution is -2.54. The average Bonchev–Trinajstić information content (AvgIpc) is 3.14. The Morgan fingerprint density at radius 3 is 2.72 bits per heavy atom. The van der Waals surface area contributed by atoms with E-state index < -0.39 is 5.54 Å². The van der Waals surface area contributed by atoms with Crippen molar-refractivity contribution in [2.45, 2.75) is 24.8 Å². The minimum atomic E-state index is -0.618. The lowest BCUT2D eigenvalue weighted by Gasteiger charge is -2.36. The molecule has 1 aromatic carbocycles. The van der Waals surface area contributed by atoms with Crippen LogP contribution in [0.5, 0.6) is 0 Å². The number of hydrogen-bond donors (Lipinski definition) is 2. The molecule has 2 N–H and O–H groups in total. The third-order valence-corrected chi connectivity index (χ3v) is 5.37. The Morgan fingerprint density at radius 2 is 2.04 bits per heavy atom. The summed E-state index contributed by atoms with van der Waals surface area (Å²) in [5, 5.41) is 11.7. The molecule has 2 aromatic rings. The number of carbonyl (C=O) groups is 1. The molecule has 1 aliphatic rings. The van der Waals surface area contributed by atoms with Crippen LogP contribution in [0, 0.1) is 0 Å². The molecule has 3 rings (SSSR count). The van der Waals surface area contributed by atoms with Gasteiger partial charge in [0, 0.05) is 18.9 Å². The first-order valence-electron chi connectivity index (χ1n) is 8.05. The highest BCUT2D eigenvalue weighted by Crippen LogP contribution is 2.28. The zero-order valence-electron chi connectivity index (χ0n) is 13.7. The normalized spacial score (nSPS) is 16.1. The largest absolute Gasteiger partial charge is 0.354 e. The maximum atomic E-state index is 12.9. The van der Waals surface area contributed by atoms with Gasteiger partial charge >= 0.3 is 0 Å². The molecule has 1 aromatic heterocycles. The Labute approximate surface area is 163 Å². The molecule has 0 atom stereocenters. The first-order chi connectivity index (χ1) is 11.6. The summed E-state index contributed by atoms with van der Waals surface area (Å²) < 4.78 is 1.79. The molecule has 1 saturated heterocycles. The van der Waals surface area contributed by atoms with Crippen LogP contribution in [0.15, 0.2) is 36.7 Å². The van der Waals surface area contributed by atoms with Crippen LogP contribution >= 0.6 is 35.6 Å². The smallest absolute Gasteiger partial charge is 0.248 e. The minimum absolute atomic E-state index is 0. The predicted molar refractivity (Wildman–Crippen MR) is 103 cm³/mol. The van der Waals surface area contributed by atoms with Crippen LogP contribution in [0.1, 0.15) is 18.4 Å².